The lowest BCUT2D eigenvalue weighted by Crippen LogP contribution is -2.06. The van der Waals surface area contributed by atoms with E-state index < -0.39 is 4.92 Å². The van der Waals surface area contributed by atoms with E-state index in [1.165, 1.54) is 25.3 Å². The van der Waals surface area contributed by atoms with Gasteiger partial charge in [-0.15, -0.1) is 0 Å². The quantitative estimate of drug-likeness (QED) is 0.316. The van der Waals surface area contributed by atoms with Crippen LogP contribution in [0.15, 0.2) is 18.2 Å². The topological polar surface area (TPSA) is 78.7 Å². The molecule has 6 heteroatoms. The maximum absolute atomic E-state index is 10.7. The fourth-order valence-corrected chi connectivity index (χ4v) is 1.11. The normalized spacial score (nSPS) is 9.81. The van der Waals surface area contributed by atoms with Gasteiger partial charge >= 0.3 is 5.69 Å². The first-order valence-electron chi connectivity index (χ1n) is 4.54. The third-order valence-electron chi connectivity index (χ3n) is 1.86. The number of benzene rings is 1. The number of nitro benzene ring substituents is 1. The molecule has 0 aliphatic carbocycles. The molecule has 0 spiro atoms. The van der Waals surface area contributed by atoms with Crippen molar-refractivity contribution in [3.05, 3.63) is 33.9 Å². The Kier molecular flexibility index (Phi) is 4.41. The summed E-state index contributed by atoms with van der Waals surface area (Å²) in [7, 11) is 1.51. The van der Waals surface area contributed by atoms with Gasteiger partial charge in [0.1, 0.15) is 12.9 Å². The van der Waals surface area contributed by atoms with Crippen molar-refractivity contribution in [3.8, 4) is 5.75 Å². The molecule has 0 N–H and O–H groups in total. The summed E-state index contributed by atoms with van der Waals surface area (Å²) in [5.74, 6) is 0.132. The Morgan fingerprint density at radius 2 is 2.19 bits per heavy atom. The van der Waals surface area contributed by atoms with Gasteiger partial charge in [-0.1, -0.05) is 0 Å². The van der Waals surface area contributed by atoms with E-state index in [9.17, 15) is 14.9 Å². The van der Waals surface area contributed by atoms with Crippen molar-refractivity contribution in [1.82, 2.24) is 0 Å². The van der Waals surface area contributed by atoms with E-state index in [0.717, 1.165) is 0 Å². The van der Waals surface area contributed by atoms with Gasteiger partial charge in [-0.05, 0) is 12.1 Å². The van der Waals surface area contributed by atoms with Crippen molar-refractivity contribution in [1.29, 1.82) is 0 Å². The smallest absolute Gasteiger partial charge is 0.311 e. The van der Waals surface area contributed by atoms with E-state index in [1.54, 1.807) is 0 Å². The Labute approximate surface area is 91.9 Å². The zero-order valence-electron chi connectivity index (χ0n) is 8.71. The molecular formula is C10H11NO5. The highest BCUT2D eigenvalue weighted by atomic mass is 16.6. The second-order valence-corrected chi connectivity index (χ2v) is 2.94. The van der Waals surface area contributed by atoms with Crippen LogP contribution < -0.4 is 4.74 Å². The predicted octanol–water partition coefficient (Wildman–Crippen LogP) is 1.43. The van der Waals surface area contributed by atoms with Crippen LogP contribution in [0.3, 0.4) is 0 Å². The monoisotopic (exact) mass is 225 g/mol. The SMILES string of the molecule is COCCOc1ccc(C=O)cc1[N+](=O)[O-]. The first-order valence-corrected chi connectivity index (χ1v) is 4.54. The summed E-state index contributed by atoms with van der Waals surface area (Å²) in [5, 5.41) is 10.7. The largest absolute Gasteiger partial charge is 0.484 e. The van der Waals surface area contributed by atoms with Crippen LogP contribution in [0.25, 0.3) is 0 Å². The highest BCUT2D eigenvalue weighted by molar-refractivity contribution is 5.77. The van der Waals surface area contributed by atoms with Gasteiger partial charge in [-0.3, -0.25) is 14.9 Å². The minimum absolute atomic E-state index is 0.132. The van der Waals surface area contributed by atoms with E-state index in [0.29, 0.717) is 12.9 Å². The Bertz CT molecular complexity index is 391. The molecule has 0 aliphatic rings. The molecule has 0 saturated heterocycles. The Morgan fingerprint density at radius 1 is 1.44 bits per heavy atom. The average molecular weight is 225 g/mol. The third-order valence-corrected chi connectivity index (χ3v) is 1.86. The number of rotatable bonds is 6. The van der Waals surface area contributed by atoms with Gasteiger partial charge in [-0.25, -0.2) is 0 Å². The molecule has 1 rings (SSSR count). The summed E-state index contributed by atoms with van der Waals surface area (Å²) in [5.41, 5.74) is 0.0199. The van der Waals surface area contributed by atoms with Crippen LogP contribution in [-0.2, 0) is 4.74 Å². The second kappa shape index (κ2) is 5.82. The number of hydrogen-bond acceptors (Lipinski definition) is 5. The first kappa shape index (κ1) is 12.1. The van der Waals surface area contributed by atoms with E-state index in [2.05, 4.69) is 0 Å². The van der Waals surface area contributed by atoms with Crippen molar-refractivity contribution in [2.75, 3.05) is 20.3 Å². The van der Waals surface area contributed by atoms with Crippen molar-refractivity contribution in [2.45, 2.75) is 0 Å². The number of ether oxygens (including phenoxy) is 2. The fourth-order valence-electron chi connectivity index (χ4n) is 1.11. The summed E-state index contributed by atoms with van der Waals surface area (Å²) >= 11 is 0. The van der Waals surface area contributed by atoms with Gasteiger partial charge in [-0.2, -0.15) is 0 Å². The number of aldehydes is 1. The Morgan fingerprint density at radius 3 is 2.75 bits per heavy atom. The molecule has 0 atom stereocenters. The van der Waals surface area contributed by atoms with E-state index in [1.807, 2.05) is 0 Å². The van der Waals surface area contributed by atoms with Crippen LogP contribution in [0.2, 0.25) is 0 Å². The fraction of sp³-hybridized carbons (Fsp3) is 0.300. The summed E-state index contributed by atoms with van der Waals surface area (Å²) in [4.78, 5) is 20.6. The van der Waals surface area contributed by atoms with Crippen LogP contribution in [0.1, 0.15) is 10.4 Å². The summed E-state index contributed by atoms with van der Waals surface area (Å²) < 4.78 is 9.91. The lowest BCUT2D eigenvalue weighted by Gasteiger charge is -2.06. The van der Waals surface area contributed by atoms with Crippen molar-refractivity contribution < 1.29 is 19.2 Å². The molecule has 0 aromatic heterocycles. The van der Waals surface area contributed by atoms with Crippen molar-refractivity contribution >= 4 is 12.0 Å². The zero-order chi connectivity index (χ0) is 12.0. The highest BCUT2D eigenvalue weighted by Crippen LogP contribution is 2.27. The molecule has 16 heavy (non-hydrogen) atoms. The molecule has 6 nitrogen and oxygen atoms in total. The molecular weight excluding hydrogens is 214 g/mol. The first-order chi connectivity index (χ1) is 7.69. The second-order valence-electron chi connectivity index (χ2n) is 2.94. The van der Waals surface area contributed by atoms with Gasteiger partial charge in [0, 0.05) is 18.7 Å². The number of nitro groups is 1. The van der Waals surface area contributed by atoms with Crippen LogP contribution in [0.4, 0.5) is 5.69 Å². The molecule has 0 heterocycles. The standard InChI is InChI=1S/C10H11NO5/c1-15-4-5-16-10-3-2-8(7-12)6-9(10)11(13)14/h2-3,6-7H,4-5H2,1H3. The molecule has 0 aliphatic heterocycles. The molecule has 0 bridgehead atoms. The maximum Gasteiger partial charge on any atom is 0.311 e. The molecule has 0 unspecified atom stereocenters. The third kappa shape index (κ3) is 3.03. The molecule has 0 radical (unpaired) electrons. The lowest BCUT2D eigenvalue weighted by molar-refractivity contribution is -0.385. The van der Waals surface area contributed by atoms with Gasteiger partial charge in [0.05, 0.1) is 11.5 Å². The number of nitrogens with zero attached hydrogens (tertiary/aromatic N) is 1. The number of carbonyl (C=O) groups is 1. The van der Waals surface area contributed by atoms with E-state index in [-0.39, 0.29) is 23.6 Å². The van der Waals surface area contributed by atoms with Crippen molar-refractivity contribution in [3.63, 3.8) is 0 Å². The van der Waals surface area contributed by atoms with Crippen molar-refractivity contribution in [2.24, 2.45) is 0 Å². The lowest BCUT2D eigenvalue weighted by atomic mass is 10.2. The molecule has 0 saturated carbocycles. The van der Waals surface area contributed by atoms with Crippen LogP contribution in [-0.4, -0.2) is 31.5 Å². The van der Waals surface area contributed by atoms with Gasteiger partial charge < -0.3 is 9.47 Å². The minimum Gasteiger partial charge on any atom is -0.484 e. The summed E-state index contributed by atoms with van der Waals surface area (Å²) in [6.07, 6.45) is 0.548. The number of carbonyl (C=O) groups excluding carboxylic acids is 1. The number of hydrogen-bond donors (Lipinski definition) is 0. The Hall–Kier alpha value is -1.95. The predicted molar refractivity (Wildman–Crippen MR) is 55.9 cm³/mol. The van der Waals surface area contributed by atoms with Gasteiger partial charge in [0.25, 0.3) is 0 Å². The summed E-state index contributed by atoms with van der Waals surface area (Å²) in [6, 6.07) is 4.04. The van der Waals surface area contributed by atoms with Gasteiger partial charge in [0.15, 0.2) is 5.75 Å². The van der Waals surface area contributed by atoms with Crippen LogP contribution in [0.5, 0.6) is 5.75 Å². The zero-order valence-corrected chi connectivity index (χ0v) is 8.71. The molecule has 86 valence electrons. The van der Waals surface area contributed by atoms with E-state index in [4.69, 9.17) is 9.47 Å². The molecule has 0 fully saturated rings. The highest BCUT2D eigenvalue weighted by Gasteiger charge is 2.15. The van der Waals surface area contributed by atoms with Crippen LogP contribution >= 0.6 is 0 Å². The Balaban J connectivity index is 2.89. The molecule has 1 aromatic rings. The van der Waals surface area contributed by atoms with E-state index >= 15 is 0 Å². The van der Waals surface area contributed by atoms with Gasteiger partial charge in [0.2, 0.25) is 0 Å². The average Bonchev–Trinajstić information content (AvgIpc) is 2.29. The maximum atomic E-state index is 10.7. The molecule has 0 amide bonds. The molecule has 1 aromatic carbocycles. The summed E-state index contributed by atoms with van der Waals surface area (Å²) in [6.45, 7) is 0.560. The number of methoxy groups -OCH3 is 1. The minimum atomic E-state index is -0.588. The van der Waals surface area contributed by atoms with Crippen LogP contribution in [0, 0.1) is 10.1 Å².